The summed E-state index contributed by atoms with van der Waals surface area (Å²) in [6, 6.07) is 0. The molecule has 2 N–H and O–H groups in total. The van der Waals surface area contributed by atoms with E-state index >= 15 is 0 Å². The summed E-state index contributed by atoms with van der Waals surface area (Å²) in [6.45, 7) is 2.64. The minimum Gasteiger partial charge on any atom is -0.355 e. The van der Waals surface area contributed by atoms with Gasteiger partial charge in [0, 0.05) is 14.1 Å². The van der Waals surface area contributed by atoms with Gasteiger partial charge in [0.1, 0.15) is 5.56 Å². The van der Waals surface area contributed by atoms with Crippen molar-refractivity contribution in [1.29, 1.82) is 0 Å². The van der Waals surface area contributed by atoms with E-state index in [0.29, 0.717) is 17.8 Å². The number of carbonyl (C=O) groups excluding carboxylic acids is 2. The molecular weight excluding hydrogens is 208 g/mol. The highest BCUT2D eigenvalue weighted by atomic mass is 16.2. The van der Waals surface area contributed by atoms with E-state index in [-0.39, 0.29) is 11.8 Å². The van der Waals surface area contributed by atoms with Crippen molar-refractivity contribution in [3.8, 4) is 0 Å². The number of amides is 2. The highest BCUT2D eigenvalue weighted by Crippen LogP contribution is 2.06. The van der Waals surface area contributed by atoms with Crippen molar-refractivity contribution in [2.45, 2.75) is 13.5 Å². The number of rotatable bonds is 3. The normalized spacial score (nSPS) is 10.0. The van der Waals surface area contributed by atoms with E-state index in [2.05, 4.69) is 10.6 Å². The van der Waals surface area contributed by atoms with Gasteiger partial charge in [-0.15, -0.1) is 4.68 Å². The molecule has 0 radical (unpaired) electrons. The first kappa shape index (κ1) is 12.2. The molecule has 0 atom stereocenters. The fraction of sp³-hybridized carbons (Fsp3) is 0.500. The molecule has 0 saturated carbocycles. The molecule has 88 valence electrons. The molecule has 0 spiro atoms. The molecule has 0 saturated heterocycles. The number of hydrogen-bond donors (Lipinski definition) is 2. The van der Waals surface area contributed by atoms with Gasteiger partial charge in [-0.3, -0.25) is 9.59 Å². The third kappa shape index (κ3) is 1.91. The molecular formula is C10H17N4O2+. The van der Waals surface area contributed by atoms with Gasteiger partial charge in [-0.05, 0) is 6.92 Å². The smallest absolute Gasteiger partial charge is 0.274 e. The number of nitrogens with one attached hydrogen (secondary N) is 2. The van der Waals surface area contributed by atoms with Crippen LogP contribution in [0.3, 0.4) is 0 Å². The van der Waals surface area contributed by atoms with Crippen LogP contribution in [0.4, 0.5) is 0 Å². The molecule has 0 unspecified atom stereocenters. The molecule has 0 aromatic carbocycles. The molecule has 0 bridgehead atoms. The Labute approximate surface area is 94.2 Å². The van der Waals surface area contributed by atoms with E-state index in [4.69, 9.17) is 0 Å². The van der Waals surface area contributed by atoms with Gasteiger partial charge in [-0.25, -0.2) is 0 Å². The van der Waals surface area contributed by atoms with Crippen LogP contribution in [0, 0.1) is 0 Å². The Kier molecular flexibility index (Phi) is 3.65. The van der Waals surface area contributed by atoms with E-state index in [0.717, 1.165) is 0 Å². The van der Waals surface area contributed by atoms with Crippen LogP contribution in [0.2, 0.25) is 0 Å². The average molecular weight is 225 g/mol. The maximum atomic E-state index is 11.7. The lowest BCUT2D eigenvalue weighted by Gasteiger charge is -2.01. The lowest BCUT2D eigenvalue weighted by Crippen LogP contribution is -2.42. The van der Waals surface area contributed by atoms with E-state index in [1.807, 2.05) is 6.92 Å². The first-order chi connectivity index (χ1) is 7.56. The highest BCUT2D eigenvalue weighted by molar-refractivity contribution is 6.05. The summed E-state index contributed by atoms with van der Waals surface area (Å²) < 4.78 is 3.47. The summed E-state index contributed by atoms with van der Waals surface area (Å²) in [6.07, 6.45) is 1.67. The summed E-state index contributed by atoms with van der Waals surface area (Å²) in [5, 5.41) is 5.05. The van der Waals surface area contributed by atoms with E-state index in [1.54, 1.807) is 36.7 Å². The predicted molar refractivity (Wildman–Crippen MR) is 58.1 cm³/mol. The van der Waals surface area contributed by atoms with Crippen molar-refractivity contribution < 1.29 is 14.3 Å². The lowest BCUT2D eigenvalue weighted by molar-refractivity contribution is -0.770. The molecule has 6 heteroatoms. The number of aromatic nitrogens is 2. The van der Waals surface area contributed by atoms with Gasteiger partial charge in [0.25, 0.3) is 11.8 Å². The fourth-order valence-corrected chi connectivity index (χ4v) is 1.59. The van der Waals surface area contributed by atoms with Gasteiger partial charge in [0.05, 0.1) is 7.05 Å². The molecule has 2 amide bonds. The molecule has 1 aromatic rings. The molecule has 6 nitrogen and oxygen atoms in total. The molecule has 0 aliphatic rings. The molecule has 16 heavy (non-hydrogen) atoms. The van der Waals surface area contributed by atoms with Crippen LogP contribution in [0.1, 0.15) is 27.8 Å². The highest BCUT2D eigenvalue weighted by Gasteiger charge is 2.27. The van der Waals surface area contributed by atoms with Crippen LogP contribution in [0.5, 0.6) is 0 Å². The second-order valence-corrected chi connectivity index (χ2v) is 3.33. The zero-order valence-corrected chi connectivity index (χ0v) is 10.00. The Morgan fingerprint density at radius 1 is 1.31 bits per heavy atom. The van der Waals surface area contributed by atoms with Crippen LogP contribution < -0.4 is 15.3 Å². The van der Waals surface area contributed by atoms with Crippen molar-refractivity contribution in [2.75, 3.05) is 14.1 Å². The second-order valence-electron chi connectivity index (χ2n) is 3.33. The monoisotopic (exact) mass is 225 g/mol. The second kappa shape index (κ2) is 4.78. The zero-order valence-electron chi connectivity index (χ0n) is 10.00. The summed E-state index contributed by atoms with van der Waals surface area (Å²) in [5.74, 6) is -0.533. The van der Waals surface area contributed by atoms with Crippen molar-refractivity contribution in [2.24, 2.45) is 7.05 Å². The lowest BCUT2D eigenvalue weighted by atomic mass is 10.2. The van der Waals surface area contributed by atoms with E-state index < -0.39 is 0 Å². The summed E-state index contributed by atoms with van der Waals surface area (Å²) in [7, 11) is 4.83. The Hall–Kier alpha value is -1.85. The van der Waals surface area contributed by atoms with E-state index in [1.165, 1.54) is 0 Å². The number of carbonyl (C=O) groups is 2. The third-order valence-electron chi connectivity index (χ3n) is 2.48. The van der Waals surface area contributed by atoms with Crippen molar-refractivity contribution >= 4 is 11.8 Å². The van der Waals surface area contributed by atoms with Crippen molar-refractivity contribution in [3.63, 3.8) is 0 Å². The number of hydrogen-bond acceptors (Lipinski definition) is 2. The van der Waals surface area contributed by atoms with Crippen molar-refractivity contribution in [1.82, 2.24) is 15.3 Å². The van der Waals surface area contributed by atoms with Gasteiger partial charge in [-0.1, -0.05) is 0 Å². The molecule has 0 aliphatic carbocycles. The SMILES string of the molecule is CC[n+]1cc(C(=O)NC)c(C(=O)NC)n1C. The Morgan fingerprint density at radius 3 is 2.31 bits per heavy atom. The van der Waals surface area contributed by atoms with Gasteiger partial charge >= 0.3 is 0 Å². The average Bonchev–Trinajstić information content (AvgIpc) is 2.64. The summed E-state index contributed by atoms with van der Waals surface area (Å²) in [5.41, 5.74) is 0.745. The Balaban J connectivity index is 3.36. The molecule has 0 fully saturated rings. The van der Waals surface area contributed by atoms with Gasteiger partial charge in [-0.2, -0.15) is 4.68 Å². The van der Waals surface area contributed by atoms with Crippen molar-refractivity contribution in [3.05, 3.63) is 17.5 Å². The van der Waals surface area contributed by atoms with Gasteiger partial charge < -0.3 is 10.6 Å². The minimum absolute atomic E-state index is 0.263. The standard InChI is InChI=1S/C10H16N4O2/c1-5-14-6-7(9(15)11-2)8(13(14)4)10(16)12-3/h6H,5H2,1-4H3,(H-,11,12,15,16)/p+1. The van der Waals surface area contributed by atoms with Crippen LogP contribution in [0.25, 0.3) is 0 Å². The van der Waals surface area contributed by atoms with Gasteiger partial charge in [0.15, 0.2) is 12.2 Å². The molecule has 1 aromatic heterocycles. The zero-order chi connectivity index (χ0) is 12.3. The van der Waals surface area contributed by atoms with Crippen LogP contribution in [0.15, 0.2) is 6.20 Å². The third-order valence-corrected chi connectivity index (χ3v) is 2.48. The molecule has 0 aliphatic heterocycles. The van der Waals surface area contributed by atoms with Gasteiger partial charge in [0.2, 0.25) is 6.20 Å². The Morgan fingerprint density at radius 2 is 1.88 bits per heavy atom. The Bertz CT molecular complexity index is 423. The van der Waals surface area contributed by atoms with E-state index in [9.17, 15) is 9.59 Å². The quantitative estimate of drug-likeness (QED) is 0.651. The largest absolute Gasteiger partial charge is 0.355 e. The molecule has 1 rings (SSSR count). The molecule has 1 heterocycles. The summed E-state index contributed by atoms with van der Waals surface area (Å²) in [4.78, 5) is 23.3. The number of aryl methyl sites for hydroxylation is 1. The topological polar surface area (TPSA) is 67.0 Å². The minimum atomic E-state index is -0.270. The summed E-state index contributed by atoms with van der Waals surface area (Å²) >= 11 is 0. The van der Waals surface area contributed by atoms with Crippen LogP contribution >= 0.6 is 0 Å². The number of nitrogens with zero attached hydrogens (tertiary/aromatic N) is 2. The first-order valence-corrected chi connectivity index (χ1v) is 5.10. The maximum Gasteiger partial charge on any atom is 0.274 e. The predicted octanol–water partition coefficient (Wildman–Crippen LogP) is -0.948. The maximum absolute atomic E-state index is 11.7. The first-order valence-electron chi connectivity index (χ1n) is 5.10. The van der Waals surface area contributed by atoms with Crippen LogP contribution in [-0.4, -0.2) is 30.6 Å². The fourth-order valence-electron chi connectivity index (χ4n) is 1.59. The van der Waals surface area contributed by atoms with Crippen LogP contribution in [-0.2, 0) is 13.6 Å².